The lowest BCUT2D eigenvalue weighted by Crippen LogP contribution is -2.44. The van der Waals surface area contributed by atoms with Gasteiger partial charge in [-0.3, -0.25) is 4.90 Å². The van der Waals surface area contributed by atoms with E-state index >= 15 is 0 Å². The first kappa shape index (κ1) is 10.8. The van der Waals surface area contributed by atoms with E-state index in [0.717, 1.165) is 32.2 Å². The van der Waals surface area contributed by atoms with Gasteiger partial charge < -0.3 is 10.1 Å². The third-order valence-corrected chi connectivity index (χ3v) is 3.78. The minimum Gasteiger partial charge on any atom is -0.372 e. The maximum Gasteiger partial charge on any atom is 0.0707 e. The summed E-state index contributed by atoms with van der Waals surface area (Å²) in [7, 11) is 0. The highest BCUT2D eigenvalue weighted by atomic mass is 16.5. The van der Waals surface area contributed by atoms with Crippen molar-refractivity contribution < 1.29 is 4.74 Å². The smallest absolute Gasteiger partial charge is 0.0707 e. The van der Waals surface area contributed by atoms with Gasteiger partial charge in [-0.15, -0.1) is 0 Å². The summed E-state index contributed by atoms with van der Waals surface area (Å²) < 4.78 is 5.83. The Hall–Kier alpha value is -0.380. The van der Waals surface area contributed by atoms with Crippen molar-refractivity contribution >= 4 is 0 Å². The van der Waals surface area contributed by atoms with Crippen molar-refractivity contribution in [2.45, 2.75) is 43.9 Å². The van der Waals surface area contributed by atoms with Crippen molar-refractivity contribution in [1.29, 1.82) is 0 Å². The van der Waals surface area contributed by atoms with Crippen LogP contribution in [0, 0.1) is 0 Å². The van der Waals surface area contributed by atoms with Crippen LogP contribution in [0.3, 0.4) is 0 Å². The van der Waals surface area contributed by atoms with Crippen molar-refractivity contribution in [3.8, 4) is 0 Å². The molecule has 1 aliphatic carbocycles. The number of rotatable bonds is 5. The van der Waals surface area contributed by atoms with Crippen LogP contribution in [0.25, 0.3) is 0 Å². The van der Waals surface area contributed by atoms with Crippen LogP contribution in [0.5, 0.6) is 0 Å². The minimum absolute atomic E-state index is 0.503. The number of hydrogen-bond acceptors (Lipinski definition) is 3. The molecule has 2 aliphatic heterocycles. The van der Waals surface area contributed by atoms with E-state index in [1.165, 1.54) is 31.3 Å². The third kappa shape index (κ3) is 2.65. The molecule has 2 heterocycles. The van der Waals surface area contributed by atoms with Gasteiger partial charge in [-0.1, -0.05) is 6.58 Å². The molecule has 2 atom stereocenters. The van der Waals surface area contributed by atoms with Gasteiger partial charge in [-0.2, -0.15) is 0 Å². The lowest BCUT2D eigenvalue weighted by atomic mass is 10.2. The van der Waals surface area contributed by atoms with Crippen LogP contribution in [0.2, 0.25) is 0 Å². The molecule has 0 aromatic rings. The topological polar surface area (TPSA) is 24.5 Å². The summed E-state index contributed by atoms with van der Waals surface area (Å²) in [5.41, 5.74) is 1.33. The summed E-state index contributed by atoms with van der Waals surface area (Å²) in [4.78, 5) is 2.52. The Morgan fingerprint density at radius 2 is 1.88 bits per heavy atom. The van der Waals surface area contributed by atoms with Gasteiger partial charge in [-0.25, -0.2) is 0 Å². The van der Waals surface area contributed by atoms with Crippen molar-refractivity contribution in [3.05, 3.63) is 12.2 Å². The van der Waals surface area contributed by atoms with E-state index in [1.54, 1.807) is 0 Å². The lowest BCUT2D eigenvalue weighted by Gasteiger charge is -2.32. The van der Waals surface area contributed by atoms with Gasteiger partial charge in [0.2, 0.25) is 0 Å². The molecule has 3 rings (SSSR count). The van der Waals surface area contributed by atoms with Crippen LogP contribution in [-0.4, -0.2) is 49.3 Å². The van der Waals surface area contributed by atoms with Gasteiger partial charge in [0.1, 0.15) is 0 Å². The molecule has 1 saturated carbocycles. The quantitative estimate of drug-likeness (QED) is 0.706. The lowest BCUT2D eigenvalue weighted by molar-refractivity contribution is -0.0352. The second-order valence-electron chi connectivity index (χ2n) is 5.56. The summed E-state index contributed by atoms with van der Waals surface area (Å²) in [5.74, 6) is 0. The minimum atomic E-state index is 0.503. The van der Waals surface area contributed by atoms with Crippen molar-refractivity contribution in [1.82, 2.24) is 10.2 Å². The Bertz CT molecular complexity index is 263. The average Bonchev–Trinajstić information content (AvgIpc) is 3.02. The Morgan fingerprint density at radius 3 is 2.50 bits per heavy atom. The van der Waals surface area contributed by atoms with Crippen LogP contribution >= 0.6 is 0 Å². The molecule has 3 fully saturated rings. The average molecular weight is 222 g/mol. The third-order valence-electron chi connectivity index (χ3n) is 3.78. The zero-order valence-electron chi connectivity index (χ0n) is 9.95. The van der Waals surface area contributed by atoms with Crippen molar-refractivity contribution in [3.63, 3.8) is 0 Å². The Morgan fingerprint density at radius 1 is 1.19 bits per heavy atom. The fraction of sp³-hybridized carbons (Fsp3) is 0.846. The van der Waals surface area contributed by atoms with Gasteiger partial charge in [0, 0.05) is 32.2 Å². The highest BCUT2D eigenvalue weighted by Gasteiger charge is 2.33. The van der Waals surface area contributed by atoms with E-state index in [-0.39, 0.29) is 0 Å². The monoisotopic (exact) mass is 222 g/mol. The largest absolute Gasteiger partial charge is 0.372 e. The summed E-state index contributed by atoms with van der Waals surface area (Å²) in [5, 5.41) is 3.53. The number of hydrogen-bond donors (Lipinski definition) is 1. The second kappa shape index (κ2) is 4.47. The van der Waals surface area contributed by atoms with E-state index in [0.29, 0.717) is 12.2 Å². The van der Waals surface area contributed by atoms with Crippen LogP contribution in [-0.2, 0) is 4.74 Å². The molecule has 0 spiro atoms. The molecule has 1 N–H and O–H groups in total. The normalized spacial score (nSPS) is 34.2. The number of fused-ring (bicyclic) bond motifs is 2. The highest BCUT2D eigenvalue weighted by molar-refractivity contribution is 5.03. The number of likely N-dealkylation sites (tertiary alicyclic amines) is 1. The molecule has 2 unspecified atom stereocenters. The number of ether oxygens (including phenoxy) is 1. The first-order valence-corrected chi connectivity index (χ1v) is 6.57. The molecule has 0 aromatic carbocycles. The Balaban J connectivity index is 1.41. The molecular weight excluding hydrogens is 200 g/mol. The van der Waals surface area contributed by atoms with Crippen LogP contribution < -0.4 is 5.32 Å². The molecular formula is C13H22N2O. The molecule has 16 heavy (non-hydrogen) atoms. The molecule has 2 saturated heterocycles. The predicted octanol–water partition coefficient (Wildman–Crippen LogP) is 1.16. The molecule has 0 amide bonds. The SMILES string of the molecule is C=C(CNC1CC1)CN1CC2CCC(C1)O2. The van der Waals surface area contributed by atoms with E-state index in [4.69, 9.17) is 4.74 Å². The van der Waals surface area contributed by atoms with Crippen LogP contribution in [0.1, 0.15) is 25.7 Å². The summed E-state index contributed by atoms with van der Waals surface area (Å²) >= 11 is 0. The summed E-state index contributed by atoms with van der Waals surface area (Å²) in [6.07, 6.45) is 6.23. The van der Waals surface area contributed by atoms with E-state index in [1.807, 2.05) is 0 Å². The van der Waals surface area contributed by atoms with Gasteiger partial charge in [0.05, 0.1) is 12.2 Å². The summed E-state index contributed by atoms with van der Waals surface area (Å²) in [6.45, 7) is 8.44. The number of nitrogens with one attached hydrogen (secondary N) is 1. The maximum atomic E-state index is 5.83. The Kier molecular flexibility index (Phi) is 3.01. The van der Waals surface area contributed by atoms with Crippen molar-refractivity contribution in [2.24, 2.45) is 0 Å². The zero-order valence-corrected chi connectivity index (χ0v) is 9.95. The molecule has 3 nitrogen and oxygen atoms in total. The Labute approximate surface area is 97.8 Å². The molecule has 0 radical (unpaired) electrons. The molecule has 0 aromatic heterocycles. The van der Waals surface area contributed by atoms with Crippen LogP contribution in [0.4, 0.5) is 0 Å². The van der Waals surface area contributed by atoms with Gasteiger partial charge in [-0.05, 0) is 31.3 Å². The summed E-state index contributed by atoms with van der Waals surface area (Å²) in [6, 6.07) is 0.789. The van der Waals surface area contributed by atoms with E-state index in [2.05, 4.69) is 16.8 Å². The predicted molar refractivity (Wildman–Crippen MR) is 64.5 cm³/mol. The van der Waals surface area contributed by atoms with Crippen molar-refractivity contribution in [2.75, 3.05) is 26.2 Å². The zero-order chi connectivity index (χ0) is 11.0. The van der Waals surface area contributed by atoms with Crippen LogP contribution in [0.15, 0.2) is 12.2 Å². The number of nitrogens with zero attached hydrogens (tertiary/aromatic N) is 1. The van der Waals surface area contributed by atoms with Gasteiger partial charge in [0.25, 0.3) is 0 Å². The standard InChI is InChI=1S/C13H22N2O/c1-10(6-14-11-2-3-11)7-15-8-12-4-5-13(9-15)16-12/h11-14H,1-9H2. The highest BCUT2D eigenvalue weighted by Crippen LogP contribution is 2.26. The molecule has 90 valence electrons. The fourth-order valence-corrected chi connectivity index (χ4v) is 2.78. The maximum absolute atomic E-state index is 5.83. The molecule has 2 bridgehead atoms. The van der Waals surface area contributed by atoms with Gasteiger partial charge in [0.15, 0.2) is 0 Å². The fourth-order valence-electron chi connectivity index (χ4n) is 2.78. The first-order valence-electron chi connectivity index (χ1n) is 6.57. The molecule has 3 aliphatic rings. The molecule has 3 heteroatoms. The number of morpholine rings is 1. The van der Waals surface area contributed by atoms with Gasteiger partial charge >= 0.3 is 0 Å². The van der Waals surface area contributed by atoms with E-state index < -0.39 is 0 Å². The first-order chi connectivity index (χ1) is 7.79. The second-order valence-corrected chi connectivity index (χ2v) is 5.56. The van der Waals surface area contributed by atoms with E-state index in [9.17, 15) is 0 Å².